The molecule has 17 nitrogen and oxygen atoms in total. The SMILES string of the molecule is CC#CC1(O)[C@@H](O)[C@@H](COP(=O)(O)OP(=O)(O)OP(=O)(O)O)O[C@H]1n1ccc2c(=O)[nH]c(C)nc21. The number of aliphatic hydroxyl groups excluding tert-OH is 1. The number of ether oxygens (including phenoxy) is 1. The fourth-order valence-electron chi connectivity index (χ4n) is 3.33. The minimum absolute atomic E-state index is 0.0633. The highest BCUT2D eigenvalue weighted by Crippen LogP contribution is 2.66. The molecule has 0 saturated carbocycles. The Balaban J connectivity index is 1.87. The molecule has 0 aliphatic carbocycles. The Morgan fingerprint density at radius 3 is 2.49 bits per heavy atom. The van der Waals surface area contributed by atoms with Crippen LogP contribution >= 0.6 is 23.5 Å². The topological polar surface area (TPSA) is 260 Å². The Hall–Kier alpha value is -1.73. The van der Waals surface area contributed by atoms with Crippen LogP contribution < -0.4 is 5.56 Å². The van der Waals surface area contributed by atoms with Crippen LogP contribution in [0.25, 0.3) is 11.0 Å². The van der Waals surface area contributed by atoms with Crippen LogP contribution in [0.15, 0.2) is 17.1 Å². The standard InChI is InChI=1S/C15H20N3O14P3/c1-3-5-15(21)11(19)10(7-29-34(25,26)32-35(27,28)31-33(22,23)24)30-14(15)18-6-4-9-12(18)16-8(2)17-13(9)20/h4,6,10-11,14,19,21H,7H2,1-2H3,(H,25,26)(H,27,28)(H,16,17,20)(H2,22,23,24)/t10-,11+,14-,15?/m1/s1. The molecule has 0 radical (unpaired) electrons. The number of phosphoric acid groups is 3. The molecule has 0 bridgehead atoms. The fourth-order valence-corrected chi connectivity index (χ4v) is 6.36. The third-order valence-electron chi connectivity index (χ3n) is 4.58. The van der Waals surface area contributed by atoms with Gasteiger partial charge in [0.2, 0.25) is 0 Å². The quantitative estimate of drug-likeness (QED) is 0.157. The molecule has 6 atom stereocenters. The summed E-state index contributed by atoms with van der Waals surface area (Å²) in [6, 6.07) is 1.37. The van der Waals surface area contributed by atoms with Gasteiger partial charge in [0.25, 0.3) is 5.56 Å². The molecular formula is C15H20N3O14P3. The van der Waals surface area contributed by atoms with Crippen LogP contribution in [-0.4, -0.2) is 68.7 Å². The molecule has 35 heavy (non-hydrogen) atoms. The first kappa shape index (κ1) is 27.9. The van der Waals surface area contributed by atoms with E-state index in [9.17, 15) is 38.5 Å². The van der Waals surface area contributed by atoms with E-state index in [-0.39, 0.29) is 16.9 Å². The molecule has 7 N–H and O–H groups in total. The highest BCUT2D eigenvalue weighted by molar-refractivity contribution is 7.66. The molecule has 2 aromatic rings. The third kappa shape index (κ3) is 6.16. The van der Waals surface area contributed by atoms with Crippen molar-refractivity contribution in [1.82, 2.24) is 14.5 Å². The zero-order valence-corrected chi connectivity index (χ0v) is 20.5. The first-order valence-corrected chi connectivity index (χ1v) is 13.9. The molecule has 1 fully saturated rings. The van der Waals surface area contributed by atoms with Crippen LogP contribution in [-0.2, 0) is 31.6 Å². The molecule has 0 aromatic carbocycles. The summed E-state index contributed by atoms with van der Waals surface area (Å²) in [5, 5.41) is 21.9. The molecule has 3 rings (SSSR count). The molecule has 1 aliphatic rings. The van der Waals surface area contributed by atoms with E-state index >= 15 is 0 Å². The number of nitrogens with one attached hydrogen (secondary N) is 1. The van der Waals surface area contributed by atoms with Crippen molar-refractivity contribution in [3.05, 3.63) is 28.4 Å². The van der Waals surface area contributed by atoms with E-state index in [0.29, 0.717) is 0 Å². The predicted molar refractivity (Wildman–Crippen MR) is 113 cm³/mol. The van der Waals surface area contributed by atoms with Crippen molar-refractivity contribution in [1.29, 1.82) is 0 Å². The van der Waals surface area contributed by atoms with Crippen LogP contribution in [0.3, 0.4) is 0 Å². The van der Waals surface area contributed by atoms with Gasteiger partial charge < -0.3 is 44.1 Å². The van der Waals surface area contributed by atoms with Gasteiger partial charge >= 0.3 is 23.5 Å². The number of aromatic nitrogens is 3. The molecular weight excluding hydrogens is 539 g/mol. The van der Waals surface area contributed by atoms with Gasteiger partial charge in [0, 0.05) is 6.20 Å². The number of phosphoric ester groups is 1. The summed E-state index contributed by atoms with van der Waals surface area (Å²) in [7, 11) is -16.9. The van der Waals surface area contributed by atoms with Gasteiger partial charge in [0.05, 0.1) is 12.0 Å². The van der Waals surface area contributed by atoms with E-state index in [2.05, 4.69) is 35.0 Å². The van der Waals surface area contributed by atoms with Crippen molar-refractivity contribution in [2.75, 3.05) is 6.61 Å². The normalized spacial score (nSPS) is 28.3. The lowest BCUT2D eigenvalue weighted by Crippen LogP contribution is -2.46. The van der Waals surface area contributed by atoms with E-state index in [1.54, 1.807) is 0 Å². The summed E-state index contributed by atoms with van der Waals surface area (Å²) in [6.07, 6.45) is -3.67. The second kappa shape index (κ2) is 9.62. The number of H-pyrrole nitrogens is 1. The third-order valence-corrected chi connectivity index (χ3v) is 8.38. The molecule has 0 amide bonds. The zero-order chi connectivity index (χ0) is 26.4. The first-order valence-electron chi connectivity index (χ1n) is 9.33. The predicted octanol–water partition coefficient (Wildman–Crippen LogP) is -0.611. The van der Waals surface area contributed by atoms with Gasteiger partial charge in [0.1, 0.15) is 23.7 Å². The smallest absolute Gasteiger partial charge is 0.386 e. The number of aliphatic hydroxyl groups is 2. The van der Waals surface area contributed by atoms with Gasteiger partial charge in [-0.3, -0.25) is 9.32 Å². The second-order valence-electron chi connectivity index (χ2n) is 7.17. The van der Waals surface area contributed by atoms with Crippen molar-refractivity contribution in [3.63, 3.8) is 0 Å². The minimum Gasteiger partial charge on any atom is -0.386 e. The molecule has 1 saturated heterocycles. The summed E-state index contributed by atoms with van der Waals surface area (Å²) in [4.78, 5) is 54.9. The summed E-state index contributed by atoms with van der Waals surface area (Å²) in [5.74, 6) is 5.03. The van der Waals surface area contributed by atoms with Crippen LogP contribution in [0.1, 0.15) is 19.0 Å². The number of hydrogen-bond acceptors (Lipinski definition) is 11. The number of aryl methyl sites for hydroxylation is 1. The molecule has 20 heteroatoms. The maximum absolute atomic E-state index is 12.2. The zero-order valence-electron chi connectivity index (χ0n) is 17.8. The summed E-state index contributed by atoms with van der Waals surface area (Å²) in [6.45, 7) is 1.81. The maximum atomic E-state index is 12.2. The van der Waals surface area contributed by atoms with Crippen LogP contribution in [0.2, 0.25) is 0 Å². The van der Waals surface area contributed by atoms with Crippen LogP contribution in [0.4, 0.5) is 0 Å². The summed E-state index contributed by atoms with van der Waals surface area (Å²) >= 11 is 0. The highest BCUT2D eigenvalue weighted by atomic mass is 31.3. The van der Waals surface area contributed by atoms with Gasteiger partial charge in [0.15, 0.2) is 11.8 Å². The van der Waals surface area contributed by atoms with Crippen molar-refractivity contribution in [2.24, 2.45) is 0 Å². The average Bonchev–Trinajstić information content (AvgIpc) is 3.17. The van der Waals surface area contributed by atoms with E-state index in [1.165, 1.54) is 30.7 Å². The van der Waals surface area contributed by atoms with Gasteiger partial charge in [-0.15, -0.1) is 5.92 Å². The Morgan fingerprint density at radius 1 is 1.23 bits per heavy atom. The fraction of sp³-hybridized carbons (Fsp3) is 0.467. The van der Waals surface area contributed by atoms with Crippen molar-refractivity contribution in [2.45, 2.75) is 37.9 Å². The summed E-state index contributed by atoms with van der Waals surface area (Å²) in [5.41, 5.74) is -2.77. The van der Waals surface area contributed by atoms with Crippen molar-refractivity contribution < 1.29 is 61.4 Å². The maximum Gasteiger partial charge on any atom is 0.490 e. The monoisotopic (exact) mass is 559 g/mol. The Morgan fingerprint density at radius 2 is 1.89 bits per heavy atom. The molecule has 3 unspecified atom stereocenters. The Labute approximate surface area is 195 Å². The molecule has 3 heterocycles. The van der Waals surface area contributed by atoms with Crippen LogP contribution in [0.5, 0.6) is 0 Å². The Bertz CT molecular complexity index is 1390. The lowest BCUT2D eigenvalue weighted by Gasteiger charge is -2.26. The molecule has 1 aliphatic heterocycles. The molecule has 0 spiro atoms. The lowest BCUT2D eigenvalue weighted by molar-refractivity contribution is -0.0716. The van der Waals surface area contributed by atoms with E-state index in [1.807, 2.05) is 0 Å². The number of nitrogens with zero attached hydrogens (tertiary/aromatic N) is 2. The Kier molecular flexibility index (Phi) is 7.66. The first-order chi connectivity index (χ1) is 16.0. The van der Waals surface area contributed by atoms with Gasteiger partial charge in [-0.05, 0) is 19.9 Å². The largest absolute Gasteiger partial charge is 0.490 e. The molecule has 194 valence electrons. The number of rotatable bonds is 8. The van der Waals surface area contributed by atoms with Gasteiger partial charge in [-0.1, -0.05) is 5.92 Å². The second-order valence-corrected chi connectivity index (χ2v) is 11.6. The van der Waals surface area contributed by atoms with Gasteiger partial charge in [-0.25, -0.2) is 18.7 Å². The summed E-state index contributed by atoms with van der Waals surface area (Å²) < 4.78 is 52.7. The van der Waals surface area contributed by atoms with Crippen molar-refractivity contribution >= 4 is 34.5 Å². The van der Waals surface area contributed by atoms with E-state index in [4.69, 9.17) is 14.5 Å². The van der Waals surface area contributed by atoms with E-state index in [0.717, 1.165) is 0 Å². The van der Waals surface area contributed by atoms with Crippen LogP contribution in [0, 0.1) is 18.8 Å². The van der Waals surface area contributed by atoms with Crippen molar-refractivity contribution in [3.8, 4) is 11.8 Å². The van der Waals surface area contributed by atoms with E-state index < -0.39 is 59.7 Å². The average molecular weight is 559 g/mol. The number of aromatic amines is 1. The number of fused-ring (bicyclic) bond motifs is 1. The highest BCUT2D eigenvalue weighted by Gasteiger charge is 2.56. The van der Waals surface area contributed by atoms with Gasteiger partial charge in [-0.2, -0.15) is 8.62 Å². The minimum atomic E-state index is -5.76. The number of hydrogen-bond donors (Lipinski definition) is 7. The molecule has 2 aromatic heterocycles. The lowest BCUT2D eigenvalue weighted by atomic mass is 9.94.